The molecule has 77 valence electrons. The Morgan fingerprint density at radius 2 is 2.50 bits per heavy atom. The van der Waals surface area contributed by atoms with Crippen molar-refractivity contribution in [1.82, 2.24) is 15.4 Å². The monoisotopic (exact) mass is 212 g/mol. The van der Waals surface area contributed by atoms with Crippen LogP contribution in [0, 0.1) is 0 Å². The minimum Gasteiger partial charge on any atom is -0.303 e. The molecule has 14 heavy (non-hydrogen) atoms. The maximum Gasteiger partial charge on any atom is 0.121 e. The van der Waals surface area contributed by atoms with Crippen LogP contribution in [0.4, 0.5) is 0 Å². The van der Waals surface area contributed by atoms with Gasteiger partial charge in [0.2, 0.25) is 0 Å². The molecule has 1 aromatic rings. The number of carbonyl (C=O) groups is 1. The molecule has 0 bridgehead atoms. The maximum absolute atomic E-state index is 10.4. The fourth-order valence-electron chi connectivity index (χ4n) is 1.16. The van der Waals surface area contributed by atoms with Gasteiger partial charge in [0.25, 0.3) is 0 Å². The number of aldehydes is 1. The minimum atomic E-state index is 0.0219. The van der Waals surface area contributed by atoms with E-state index in [-0.39, 0.29) is 6.04 Å². The molecule has 1 atom stereocenters. The van der Waals surface area contributed by atoms with Gasteiger partial charge in [-0.15, -0.1) is 11.3 Å². The second-order valence-electron chi connectivity index (χ2n) is 3.15. The van der Waals surface area contributed by atoms with E-state index in [0.29, 0.717) is 6.42 Å². The molecule has 0 fully saturated rings. The number of thiazole rings is 1. The molecule has 0 saturated carbocycles. The van der Waals surface area contributed by atoms with Crippen molar-refractivity contribution < 1.29 is 4.79 Å². The molecule has 0 spiro atoms. The molecular weight excluding hydrogens is 198 g/mol. The number of carbonyl (C=O) groups excluding carboxylic acids is 1. The zero-order valence-electron chi connectivity index (χ0n) is 8.38. The smallest absolute Gasteiger partial charge is 0.121 e. The summed E-state index contributed by atoms with van der Waals surface area (Å²) in [5.74, 6) is 0. The van der Waals surface area contributed by atoms with Crippen molar-refractivity contribution in [2.75, 3.05) is 14.1 Å². The van der Waals surface area contributed by atoms with E-state index in [4.69, 9.17) is 0 Å². The first-order chi connectivity index (χ1) is 6.72. The van der Waals surface area contributed by atoms with Gasteiger partial charge in [-0.05, 0) is 0 Å². The lowest BCUT2D eigenvalue weighted by atomic mass is 10.2. The molecule has 1 heterocycles. The van der Waals surface area contributed by atoms with Crippen molar-refractivity contribution in [3.63, 3.8) is 0 Å². The van der Waals surface area contributed by atoms with Gasteiger partial charge in [0.15, 0.2) is 0 Å². The minimum absolute atomic E-state index is 0.0219. The Kier molecular flexibility index (Phi) is 4.72. The van der Waals surface area contributed by atoms with Crippen LogP contribution < -0.4 is 5.43 Å². The maximum atomic E-state index is 10.4. The van der Waals surface area contributed by atoms with Crippen LogP contribution in [0.1, 0.15) is 11.4 Å². The standard InChI is InChI=1S/C9H14N3OS/c1-12(2)11-8(3-5-13)7-9-10-4-6-14-9/h4-6,8H,3,7H2,1-2H3. The third-order valence-electron chi connectivity index (χ3n) is 1.66. The summed E-state index contributed by atoms with van der Waals surface area (Å²) in [6, 6.07) is 0.0219. The van der Waals surface area contributed by atoms with Gasteiger partial charge in [-0.1, -0.05) is 0 Å². The van der Waals surface area contributed by atoms with Crippen molar-refractivity contribution in [2.45, 2.75) is 18.9 Å². The first kappa shape index (κ1) is 11.3. The van der Waals surface area contributed by atoms with Crippen LogP contribution in [0.25, 0.3) is 0 Å². The van der Waals surface area contributed by atoms with E-state index in [2.05, 4.69) is 10.4 Å². The molecule has 5 heteroatoms. The first-order valence-electron chi connectivity index (χ1n) is 4.42. The summed E-state index contributed by atoms with van der Waals surface area (Å²) >= 11 is 1.60. The van der Waals surface area contributed by atoms with E-state index < -0.39 is 0 Å². The first-order valence-corrected chi connectivity index (χ1v) is 5.30. The van der Waals surface area contributed by atoms with Crippen LogP contribution in [0.2, 0.25) is 0 Å². The summed E-state index contributed by atoms with van der Waals surface area (Å²) in [6.07, 6.45) is 3.88. The highest BCUT2D eigenvalue weighted by atomic mass is 32.1. The van der Waals surface area contributed by atoms with Crippen LogP contribution in [-0.2, 0) is 11.2 Å². The third kappa shape index (κ3) is 3.95. The Bertz CT molecular complexity index is 261. The van der Waals surface area contributed by atoms with E-state index in [1.807, 2.05) is 19.5 Å². The summed E-state index contributed by atoms with van der Waals surface area (Å²) in [4.78, 5) is 14.6. The predicted octanol–water partition coefficient (Wildman–Crippen LogP) is 0.724. The average molecular weight is 212 g/mol. The lowest BCUT2D eigenvalue weighted by Crippen LogP contribution is -2.34. The van der Waals surface area contributed by atoms with Crippen molar-refractivity contribution in [2.24, 2.45) is 0 Å². The molecule has 0 aliphatic carbocycles. The molecule has 1 unspecified atom stereocenters. The molecule has 4 nitrogen and oxygen atoms in total. The van der Waals surface area contributed by atoms with E-state index in [0.717, 1.165) is 17.7 Å². The predicted molar refractivity (Wildman–Crippen MR) is 56.1 cm³/mol. The molecule has 1 aromatic heterocycles. The fraction of sp³-hybridized carbons (Fsp3) is 0.556. The highest BCUT2D eigenvalue weighted by molar-refractivity contribution is 7.09. The highest BCUT2D eigenvalue weighted by Crippen LogP contribution is 2.09. The summed E-state index contributed by atoms with van der Waals surface area (Å²) in [6.45, 7) is 0. The van der Waals surface area contributed by atoms with Crippen molar-refractivity contribution in [1.29, 1.82) is 0 Å². The Labute approximate surface area is 87.9 Å². The van der Waals surface area contributed by atoms with Crippen LogP contribution in [0.15, 0.2) is 11.6 Å². The van der Waals surface area contributed by atoms with E-state index in [1.165, 1.54) is 0 Å². The summed E-state index contributed by atoms with van der Waals surface area (Å²) in [7, 11) is 3.72. The Morgan fingerprint density at radius 1 is 1.71 bits per heavy atom. The van der Waals surface area contributed by atoms with Gasteiger partial charge in [-0.25, -0.2) is 9.99 Å². The second-order valence-corrected chi connectivity index (χ2v) is 4.13. The Hall–Kier alpha value is -0.780. The van der Waals surface area contributed by atoms with Gasteiger partial charge in [-0.3, -0.25) is 0 Å². The summed E-state index contributed by atoms with van der Waals surface area (Å²) in [5, 5.41) is 4.70. The molecule has 0 aromatic carbocycles. The summed E-state index contributed by atoms with van der Waals surface area (Å²) in [5.41, 5.74) is 4.31. The summed E-state index contributed by atoms with van der Waals surface area (Å²) < 4.78 is 0. The number of hydrogen-bond acceptors (Lipinski definition) is 4. The lowest BCUT2D eigenvalue weighted by molar-refractivity contribution is -0.108. The largest absolute Gasteiger partial charge is 0.303 e. The molecule has 0 N–H and O–H groups in total. The van der Waals surface area contributed by atoms with Gasteiger partial charge >= 0.3 is 0 Å². The number of hydrogen-bond donors (Lipinski definition) is 0. The normalized spacial score (nSPS) is 13.1. The third-order valence-corrected chi connectivity index (χ3v) is 2.46. The molecule has 0 aliphatic heterocycles. The average Bonchev–Trinajstić information content (AvgIpc) is 2.56. The molecule has 0 amide bonds. The highest BCUT2D eigenvalue weighted by Gasteiger charge is 2.12. The number of rotatable bonds is 6. The van der Waals surface area contributed by atoms with Crippen molar-refractivity contribution in [3.8, 4) is 0 Å². The van der Waals surface area contributed by atoms with Gasteiger partial charge in [0.05, 0.1) is 11.0 Å². The van der Waals surface area contributed by atoms with Crippen molar-refractivity contribution >= 4 is 17.6 Å². The Balaban J connectivity index is 2.46. The Morgan fingerprint density at radius 3 is 3.00 bits per heavy atom. The molecular formula is C9H14N3OS. The van der Waals surface area contributed by atoms with Crippen molar-refractivity contribution in [3.05, 3.63) is 16.6 Å². The lowest BCUT2D eigenvalue weighted by Gasteiger charge is -2.17. The SMILES string of the molecule is CN(C)[N]C(CC=O)Cc1nccs1. The molecule has 1 radical (unpaired) electrons. The molecule has 0 saturated heterocycles. The van der Waals surface area contributed by atoms with Gasteiger partial charge < -0.3 is 4.79 Å². The van der Waals surface area contributed by atoms with Crippen LogP contribution in [0.5, 0.6) is 0 Å². The van der Waals surface area contributed by atoms with E-state index in [9.17, 15) is 4.79 Å². The number of aromatic nitrogens is 1. The zero-order chi connectivity index (χ0) is 10.4. The van der Waals surface area contributed by atoms with Crippen LogP contribution in [0.3, 0.4) is 0 Å². The number of nitrogens with zero attached hydrogens (tertiary/aromatic N) is 3. The van der Waals surface area contributed by atoms with E-state index >= 15 is 0 Å². The zero-order valence-corrected chi connectivity index (χ0v) is 9.20. The van der Waals surface area contributed by atoms with Gasteiger partial charge in [0.1, 0.15) is 6.29 Å². The molecule has 1 rings (SSSR count). The topological polar surface area (TPSA) is 47.3 Å². The van der Waals surface area contributed by atoms with Crippen LogP contribution in [-0.4, -0.2) is 36.4 Å². The molecule has 0 aliphatic rings. The second kappa shape index (κ2) is 5.85. The van der Waals surface area contributed by atoms with Gasteiger partial charge in [0, 0.05) is 38.5 Å². The fourth-order valence-corrected chi connectivity index (χ4v) is 1.85. The quantitative estimate of drug-likeness (QED) is 0.516. The van der Waals surface area contributed by atoms with Crippen LogP contribution >= 0.6 is 11.3 Å². The van der Waals surface area contributed by atoms with E-state index in [1.54, 1.807) is 22.5 Å². The van der Waals surface area contributed by atoms with Gasteiger partial charge in [-0.2, -0.15) is 5.43 Å².